The number of nitrogens with zero attached hydrogens (tertiary/aromatic N) is 3. The predicted octanol–water partition coefficient (Wildman–Crippen LogP) is 5.08. The number of halogens is 3. The molecule has 2 bridgehead atoms. The van der Waals surface area contributed by atoms with Gasteiger partial charge in [0, 0.05) is 36.8 Å². The molecular weight excluding hydrogens is 543 g/mol. The number of phenolic OH excluding ortho intramolecular Hbond substituents is 1. The number of phenols is 1. The third-order valence-corrected chi connectivity index (χ3v) is 11.0. The average molecular weight is 582 g/mol. The van der Waals surface area contributed by atoms with Crippen molar-refractivity contribution in [3.8, 4) is 11.5 Å². The normalized spacial score (nSPS) is 31.7. The topological polar surface area (TPSA) is 56.2 Å². The number of ether oxygens (including phenoxy) is 1. The molecule has 1 saturated heterocycles. The van der Waals surface area contributed by atoms with Gasteiger partial charge in [-0.05, 0) is 100 Å². The molecule has 0 aromatic heterocycles. The van der Waals surface area contributed by atoms with Gasteiger partial charge in [-0.3, -0.25) is 9.69 Å². The van der Waals surface area contributed by atoms with Crippen LogP contribution in [-0.2, 0) is 22.8 Å². The second kappa shape index (κ2) is 9.48. The van der Waals surface area contributed by atoms with Gasteiger partial charge in [0.05, 0.1) is 17.0 Å². The number of rotatable bonds is 6. The maximum Gasteiger partial charge on any atom is 0.416 e. The molecule has 5 aliphatic rings. The molecule has 42 heavy (non-hydrogen) atoms. The minimum absolute atomic E-state index is 0.140. The number of hydrogen-bond donors (Lipinski definition) is 1. The van der Waals surface area contributed by atoms with Gasteiger partial charge in [-0.25, -0.2) is 0 Å². The molecule has 6 nitrogen and oxygen atoms in total. The zero-order valence-corrected chi connectivity index (χ0v) is 24.3. The van der Waals surface area contributed by atoms with E-state index >= 15 is 0 Å². The van der Waals surface area contributed by atoms with Crippen molar-refractivity contribution in [3.05, 3.63) is 64.7 Å². The van der Waals surface area contributed by atoms with E-state index in [1.807, 2.05) is 0 Å². The average Bonchev–Trinajstić information content (AvgIpc) is 3.70. The number of carbonyl (C=O) groups excluding carboxylic acids is 1. The number of likely N-dealkylation sites (N-methyl/N-ethyl adjacent to an activating group) is 2. The number of carbonyl (C=O) groups is 1. The molecule has 3 fully saturated rings. The molecule has 2 heterocycles. The smallest absolute Gasteiger partial charge is 0.416 e. The molecular formula is C33H38F3N3O3. The van der Waals surface area contributed by atoms with Gasteiger partial charge in [0.15, 0.2) is 11.5 Å². The van der Waals surface area contributed by atoms with E-state index in [-0.39, 0.29) is 29.3 Å². The SMILES string of the molecule is CN(C(=O)C=Cc1cccc(C(F)(F)F)c1)[C@@H]1CC[C@@]2(N(C)C)[C@H]3Cc4ccc(O)c5c4[C@@]2(CCN3CC2CC2)[C@H]1O5. The predicted molar refractivity (Wildman–Crippen MR) is 153 cm³/mol. The Hall–Kier alpha value is -3.04. The molecule has 1 amide bonds. The number of hydrogen-bond acceptors (Lipinski definition) is 5. The molecule has 5 atom stereocenters. The molecule has 3 aliphatic carbocycles. The van der Waals surface area contributed by atoms with Gasteiger partial charge < -0.3 is 19.6 Å². The molecule has 1 spiro atoms. The molecule has 0 unspecified atom stereocenters. The maximum atomic E-state index is 13.5. The molecule has 9 heteroatoms. The van der Waals surface area contributed by atoms with Crippen molar-refractivity contribution < 1.29 is 27.8 Å². The van der Waals surface area contributed by atoms with Gasteiger partial charge in [0.1, 0.15) is 6.10 Å². The van der Waals surface area contributed by atoms with Crippen LogP contribution in [0.4, 0.5) is 13.2 Å². The van der Waals surface area contributed by atoms with E-state index in [1.54, 1.807) is 24.1 Å². The van der Waals surface area contributed by atoms with Crippen molar-refractivity contribution >= 4 is 12.0 Å². The summed E-state index contributed by atoms with van der Waals surface area (Å²) in [5, 5.41) is 11.0. The summed E-state index contributed by atoms with van der Waals surface area (Å²) in [6.07, 6.45) is 3.98. The van der Waals surface area contributed by atoms with Crippen LogP contribution in [0.2, 0.25) is 0 Å². The Labute approximate surface area is 244 Å². The van der Waals surface area contributed by atoms with Crippen LogP contribution >= 0.6 is 0 Å². The highest BCUT2D eigenvalue weighted by Gasteiger charge is 2.74. The van der Waals surface area contributed by atoms with Crippen molar-refractivity contribution in [2.24, 2.45) is 5.92 Å². The van der Waals surface area contributed by atoms with Crippen LogP contribution in [-0.4, -0.2) is 83.7 Å². The van der Waals surface area contributed by atoms with E-state index in [4.69, 9.17) is 4.74 Å². The molecule has 2 aliphatic heterocycles. The van der Waals surface area contributed by atoms with Gasteiger partial charge in [0.25, 0.3) is 0 Å². The van der Waals surface area contributed by atoms with Crippen LogP contribution in [0.3, 0.4) is 0 Å². The van der Waals surface area contributed by atoms with Crippen molar-refractivity contribution in [2.45, 2.75) is 73.8 Å². The standard InChI is InChI=1S/C33H38F3N3O3/c1-37(2)32-14-13-24(38(3)27(41)12-9-20-5-4-6-23(17-20)33(34,35)36)30-31(32)15-16-39(19-21-7-8-21)26(32)18-22-10-11-25(40)29(42-30)28(22)31/h4-6,9-12,17,21,24,26,30,40H,7-8,13-16,18-19H2,1-3H3/t24-,26-,30+,31+,32-/m1/s1. The minimum Gasteiger partial charge on any atom is -0.504 e. The minimum atomic E-state index is -4.45. The number of aromatic hydroxyl groups is 1. The first kappa shape index (κ1) is 27.8. The first-order chi connectivity index (χ1) is 20.0. The third kappa shape index (κ3) is 3.88. The summed E-state index contributed by atoms with van der Waals surface area (Å²) in [7, 11) is 6.11. The van der Waals surface area contributed by atoms with Gasteiger partial charge in [-0.1, -0.05) is 18.2 Å². The lowest BCUT2D eigenvalue weighted by Crippen LogP contribution is -2.82. The fourth-order valence-corrected chi connectivity index (χ4v) is 9.04. The van der Waals surface area contributed by atoms with Crippen molar-refractivity contribution in [3.63, 3.8) is 0 Å². The second-order valence-electron chi connectivity index (χ2n) is 13.2. The zero-order chi connectivity index (χ0) is 29.6. The maximum absolute atomic E-state index is 13.5. The summed E-state index contributed by atoms with van der Waals surface area (Å²) < 4.78 is 46.4. The Bertz CT molecular complexity index is 1450. The monoisotopic (exact) mass is 581 g/mol. The lowest BCUT2D eigenvalue weighted by atomic mass is 9.46. The van der Waals surface area contributed by atoms with E-state index in [1.165, 1.54) is 36.6 Å². The van der Waals surface area contributed by atoms with Gasteiger partial charge in [-0.15, -0.1) is 0 Å². The second-order valence-corrected chi connectivity index (χ2v) is 13.2. The first-order valence-corrected chi connectivity index (χ1v) is 15.0. The lowest BCUT2D eigenvalue weighted by Gasteiger charge is -2.69. The number of piperidine rings is 1. The fraction of sp³-hybridized carbons (Fsp3) is 0.545. The van der Waals surface area contributed by atoms with Crippen LogP contribution in [0.1, 0.15) is 54.4 Å². The molecule has 2 aromatic rings. The van der Waals surface area contributed by atoms with Crippen LogP contribution in [0.15, 0.2) is 42.5 Å². The summed E-state index contributed by atoms with van der Waals surface area (Å²) in [5.74, 6) is 1.19. The Kier molecular flexibility index (Phi) is 6.27. The highest BCUT2D eigenvalue weighted by atomic mass is 19.4. The highest BCUT2D eigenvalue weighted by molar-refractivity contribution is 5.92. The summed E-state index contributed by atoms with van der Waals surface area (Å²) in [4.78, 5) is 20.4. The van der Waals surface area contributed by atoms with Gasteiger partial charge >= 0.3 is 6.18 Å². The molecule has 7 rings (SSSR count). The lowest BCUT2D eigenvalue weighted by molar-refractivity contribution is -0.160. The summed E-state index contributed by atoms with van der Waals surface area (Å²) >= 11 is 0. The van der Waals surface area contributed by atoms with Gasteiger partial charge in [-0.2, -0.15) is 13.2 Å². The Morgan fingerprint density at radius 2 is 1.93 bits per heavy atom. The summed E-state index contributed by atoms with van der Waals surface area (Å²) in [5.41, 5.74) is 1.30. The number of amides is 1. The fourth-order valence-electron chi connectivity index (χ4n) is 9.04. The van der Waals surface area contributed by atoms with E-state index in [9.17, 15) is 23.1 Å². The first-order valence-electron chi connectivity index (χ1n) is 15.0. The van der Waals surface area contributed by atoms with Crippen molar-refractivity contribution in [2.75, 3.05) is 34.2 Å². The summed E-state index contributed by atoms with van der Waals surface area (Å²) in [6, 6.07) is 8.83. The molecule has 0 radical (unpaired) electrons. The van der Waals surface area contributed by atoms with E-state index in [2.05, 4.69) is 30.0 Å². The van der Waals surface area contributed by atoms with Crippen LogP contribution in [0.5, 0.6) is 11.5 Å². The molecule has 1 N–H and O–H groups in total. The van der Waals surface area contributed by atoms with E-state index < -0.39 is 17.2 Å². The number of likely N-dealkylation sites (tertiary alicyclic amines) is 1. The van der Waals surface area contributed by atoms with E-state index in [0.29, 0.717) is 17.4 Å². The molecule has 2 saturated carbocycles. The largest absolute Gasteiger partial charge is 0.504 e. The highest BCUT2D eigenvalue weighted by Crippen LogP contribution is 2.67. The van der Waals surface area contributed by atoms with Gasteiger partial charge in [0.2, 0.25) is 5.91 Å². The summed E-state index contributed by atoms with van der Waals surface area (Å²) in [6.45, 7) is 2.06. The Morgan fingerprint density at radius 3 is 2.64 bits per heavy atom. The van der Waals surface area contributed by atoms with Crippen molar-refractivity contribution in [1.82, 2.24) is 14.7 Å². The quantitative estimate of drug-likeness (QED) is 0.482. The van der Waals surface area contributed by atoms with Crippen LogP contribution < -0.4 is 4.74 Å². The Balaban J connectivity index is 1.25. The van der Waals surface area contributed by atoms with E-state index in [0.717, 1.165) is 62.4 Å². The van der Waals surface area contributed by atoms with Crippen LogP contribution in [0.25, 0.3) is 6.08 Å². The van der Waals surface area contributed by atoms with Crippen LogP contribution in [0, 0.1) is 5.92 Å². The molecule has 2 aromatic carbocycles. The zero-order valence-electron chi connectivity index (χ0n) is 24.3. The third-order valence-electron chi connectivity index (χ3n) is 11.0. The van der Waals surface area contributed by atoms with Crippen molar-refractivity contribution in [1.29, 1.82) is 0 Å². The number of alkyl halides is 3. The number of benzene rings is 2. The Morgan fingerprint density at radius 1 is 1.14 bits per heavy atom. The molecule has 224 valence electrons.